The third kappa shape index (κ3) is 3.49. The molecule has 1 amide bonds. The second-order valence-electron chi connectivity index (χ2n) is 3.91. The summed E-state index contributed by atoms with van der Waals surface area (Å²) in [5, 5.41) is 2.54. The lowest BCUT2D eigenvalue weighted by molar-refractivity contribution is -0.123. The van der Waals surface area contributed by atoms with Crippen LogP contribution in [0.4, 0.5) is 8.78 Å². The lowest BCUT2D eigenvalue weighted by atomic mass is 10.1. The Kier molecular flexibility index (Phi) is 4.57. The maximum atomic E-state index is 13.4. The Hall–Kier alpha value is -1.49. The zero-order valence-corrected chi connectivity index (χ0v) is 9.84. The average molecular weight is 242 g/mol. The van der Waals surface area contributed by atoms with Crippen molar-refractivity contribution in [3.05, 3.63) is 35.4 Å². The second-order valence-corrected chi connectivity index (χ2v) is 3.91. The van der Waals surface area contributed by atoms with Crippen LogP contribution >= 0.6 is 0 Å². The summed E-state index contributed by atoms with van der Waals surface area (Å²) in [6, 6.07) is 1.89. The predicted octanol–water partition coefficient (Wildman–Crippen LogP) is 1.88. The van der Waals surface area contributed by atoms with Gasteiger partial charge in [0, 0.05) is 5.56 Å². The van der Waals surface area contributed by atoms with Crippen LogP contribution in [0.3, 0.4) is 0 Å². The molecule has 0 aliphatic heterocycles. The normalized spacial score (nSPS) is 14.2. The number of rotatable bonds is 4. The number of amides is 1. The van der Waals surface area contributed by atoms with Gasteiger partial charge in [0.05, 0.1) is 12.1 Å². The highest BCUT2D eigenvalue weighted by Gasteiger charge is 2.17. The van der Waals surface area contributed by atoms with Crippen LogP contribution in [-0.4, -0.2) is 11.9 Å². The number of carbonyl (C=O) groups excluding carboxylic acids is 1. The van der Waals surface area contributed by atoms with Crippen molar-refractivity contribution in [3.8, 4) is 0 Å². The smallest absolute Gasteiger partial charge is 0.237 e. The van der Waals surface area contributed by atoms with E-state index in [1.807, 2.05) is 0 Å². The van der Waals surface area contributed by atoms with Gasteiger partial charge in [-0.3, -0.25) is 4.79 Å². The maximum Gasteiger partial charge on any atom is 0.237 e. The maximum absolute atomic E-state index is 13.4. The zero-order valence-electron chi connectivity index (χ0n) is 9.84. The van der Waals surface area contributed by atoms with Crippen molar-refractivity contribution in [2.75, 3.05) is 0 Å². The molecule has 1 rings (SSSR count). The van der Waals surface area contributed by atoms with Crippen molar-refractivity contribution >= 4 is 5.91 Å². The molecule has 0 radical (unpaired) electrons. The molecule has 3 N–H and O–H groups in total. The Balaban J connectivity index is 2.79. The van der Waals surface area contributed by atoms with E-state index >= 15 is 0 Å². The van der Waals surface area contributed by atoms with Gasteiger partial charge in [0.15, 0.2) is 0 Å². The number of hydrogen-bond acceptors (Lipinski definition) is 2. The lowest BCUT2D eigenvalue weighted by Crippen LogP contribution is -2.41. The summed E-state index contributed by atoms with van der Waals surface area (Å²) in [6.45, 7) is 3.36. The van der Waals surface area contributed by atoms with Crippen molar-refractivity contribution < 1.29 is 13.6 Å². The minimum absolute atomic E-state index is 0.113. The van der Waals surface area contributed by atoms with Crippen molar-refractivity contribution in [1.29, 1.82) is 0 Å². The van der Waals surface area contributed by atoms with E-state index in [1.54, 1.807) is 13.8 Å². The van der Waals surface area contributed by atoms with Crippen LogP contribution in [0.1, 0.15) is 31.9 Å². The first-order valence-electron chi connectivity index (χ1n) is 5.46. The molecule has 0 saturated heterocycles. The molecule has 0 saturated carbocycles. The van der Waals surface area contributed by atoms with Gasteiger partial charge in [0.25, 0.3) is 0 Å². The SMILES string of the molecule is CC[C@H](N)C(=O)NC(C)c1cc(F)ccc1F. The summed E-state index contributed by atoms with van der Waals surface area (Å²) in [7, 11) is 0. The molecule has 3 nitrogen and oxygen atoms in total. The van der Waals surface area contributed by atoms with Gasteiger partial charge in [-0.15, -0.1) is 0 Å². The molecule has 94 valence electrons. The van der Waals surface area contributed by atoms with Crippen LogP contribution in [0.2, 0.25) is 0 Å². The molecule has 0 spiro atoms. The highest BCUT2D eigenvalue weighted by Crippen LogP contribution is 2.17. The molecule has 5 heteroatoms. The van der Waals surface area contributed by atoms with E-state index in [0.29, 0.717) is 6.42 Å². The standard InChI is InChI=1S/C12H16F2N2O/c1-3-11(15)12(17)16-7(2)9-6-8(13)4-5-10(9)14/h4-7,11H,3,15H2,1-2H3,(H,16,17)/t7?,11-/m0/s1. The van der Waals surface area contributed by atoms with Crippen molar-refractivity contribution in [3.63, 3.8) is 0 Å². The van der Waals surface area contributed by atoms with Crippen LogP contribution in [0.15, 0.2) is 18.2 Å². The number of benzene rings is 1. The zero-order chi connectivity index (χ0) is 13.0. The Morgan fingerprint density at radius 2 is 2.12 bits per heavy atom. The molecule has 0 heterocycles. The third-order valence-corrected chi connectivity index (χ3v) is 2.56. The van der Waals surface area contributed by atoms with Gasteiger partial charge in [-0.1, -0.05) is 6.92 Å². The highest BCUT2D eigenvalue weighted by atomic mass is 19.1. The van der Waals surface area contributed by atoms with E-state index in [4.69, 9.17) is 5.73 Å². The molecule has 1 aromatic rings. The van der Waals surface area contributed by atoms with Crippen LogP contribution in [-0.2, 0) is 4.79 Å². The fourth-order valence-electron chi connectivity index (χ4n) is 1.43. The highest BCUT2D eigenvalue weighted by molar-refractivity contribution is 5.81. The third-order valence-electron chi connectivity index (χ3n) is 2.56. The Labute approximate surface area is 99.0 Å². The first kappa shape index (κ1) is 13.6. The van der Waals surface area contributed by atoms with E-state index in [1.165, 1.54) is 0 Å². The number of hydrogen-bond donors (Lipinski definition) is 2. The summed E-state index contributed by atoms with van der Waals surface area (Å²) in [5.74, 6) is -1.46. The van der Waals surface area contributed by atoms with Crippen LogP contribution in [0.25, 0.3) is 0 Å². The molecule has 0 aromatic heterocycles. The first-order valence-corrected chi connectivity index (χ1v) is 5.46. The Morgan fingerprint density at radius 3 is 2.71 bits per heavy atom. The van der Waals surface area contributed by atoms with E-state index in [-0.39, 0.29) is 11.5 Å². The van der Waals surface area contributed by atoms with Crippen LogP contribution < -0.4 is 11.1 Å². The fourth-order valence-corrected chi connectivity index (χ4v) is 1.43. The molecular weight excluding hydrogens is 226 g/mol. The van der Waals surface area contributed by atoms with Crippen LogP contribution in [0, 0.1) is 11.6 Å². The molecule has 0 aliphatic rings. The van der Waals surface area contributed by atoms with Gasteiger partial charge in [-0.2, -0.15) is 0 Å². The molecule has 0 aliphatic carbocycles. The molecule has 17 heavy (non-hydrogen) atoms. The summed E-state index contributed by atoms with van der Waals surface area (Å²) in [6.07, 6.45) is 0.490. The largest absolute Gasteiger partial charge is 0.348 e. The molecule has 0 bridgehead atoms. The van der Waals surface area contributed by atoms with Crippen molar-refractivity contribution in [1.82, 2.24) is 5.32 Å². The van der Waals surface area contributed by atoms with E-state index in [9.17, 15) is 13.6 Å². The van der Waals surface area contributed by atoms with Gasteiger partial charge in [-0.05, 0) is 31.5 Å². The minimum Gasteiger partial charge on any atom is -0.348 e. The number of nitrogens with one attached hydrogen (secondary N) is 1. The lowest BCUT2D eigenvalue weighted by Gasteiger charge is -2.17. The molecule has 2 atom stereocenters. The topological polar surface area (TPSA) is 55.1 Å². The molecule has 0 fully saturated rings. The van der Waals surface area contributed by atoms with Gasteiger partial charge in [0.2, 0.25) is 5.91 Å². The van der Waals surface area contributed by atoms with Gasteiger partial charge >= 0.3 is 0 Å². The summed E-state index contributed by atoms with van der Waals surface area (Å²) < 4.78 is 26.4. The number of carbonyl (C=O) groups is 1. The van der Waals surface area contributed by atoms with Gasteiger partial charge in [0.1, 0.15) is 11.6 Å². The molecule has 1 unspecified atom stereocenters. The summed E-state index contributed by atoms with van der Waals surface area (Å²) in [4.78, 5) is 11.5. The minimum atomic E-state index is -0.630. The van der Waals surface area contributed by atoms with Crippen molar-refractivity contribution in [2.45, 2.75) is 32.4 Å². The average Bonchev–Trinajstić information content (AvgIpc) is 2.30. The number of nitrogens with two attached hydrogens (primary N) is 1. The van der Waals surface area contributed by atoms with E-state index in [0.717, 1.165) is 18.2 Å². The Morgan fingerprint density at radius 1 is 1.47 bits per heavy atom. The molecular formula is C12H16F2N2O. The van der Waals surface area contributed by atoms with Crippen LogP contribution in [0.5, 0.6) is 0 Å². The Bertz CT molecular complexity index is 409. The predicted molar refractivity (Wildman–Crippen MR) is 61.2 cm³/mol. The quantitative estimate of drug-likeness (QED) is 0.847. The summed E-state index contributed by atoms with van der Waals surface area (Å²) in [5.41, 5.74) is 5.64. The first-order chi connectivity index (χ1) is 7.95. The summed E-state index contributed by atoms with van der Waals surface area (Å²) >= 11 is 0. The second kappa shape index (κ2) is 5.72. The monoisotopic (exact) mass is 242 g/mol. The molecule has 1 aromatic carbocycles. The van der Waals surface area contributed by atoms with Crippen molar-refractivity contribution in [2.24, 2.45) is 5.73 Å². The fraction of sp³-hybridized carbons (Fsp3) is 0.417. The van der Waals surface area contributed by atoms with E-state index < -0.39 is 23.7 Å². The number of halogens is 2. The van der Waals surface area contributed by atoms with Gasteiger partial charge in [-0.25, -0.2) is 8.78 Å². The van der Waals surface area contributed by atoms with Gasteiger partial charge < -0.3 is 11.1 Å². The van der Waals surface area contributed by atoms with E-state index in [2.05, 4.69) is 5.32 Å².